The van der Waals surface area contributed by atoms with E-state index >= 15 is 0 Å². The lowest BCUT2D eigenvalue weighted by atomic mass is 10.2. The van der Waals surface area contributed by atoms with Gasteiger partial charge >= 0.3 is 0 Å². The van der Waals surface area contributed by atoms with Gasteiger partial charge in [-0.3, -0.25) is 0 Å². The molecule has 1 aromatic carbocycles. The molecule has 0 bridgehead atoms. The van der Waals surface area contributed by atoms with Crippen LogP contribution in [0.1, 0.15) is 31.7 Å². The number of nitrogens with one attached hydrogen (secondary N) is 1. The number of ether oxygens (including phenoxy) is 1. The van der Waals surface area contributed by atoms with Crippen LogP contribution in [0, 0.1) is 11.3 Å². The second kappa shape index (κ2) is 8.79. The molecule has 1 aromatic rings. The van der Waals surface area contributed by atoms with Gasteiger partial charge in [0.1, 0.15) is 5.75 Å². The Bertz CT molecular complexity index is 401. The lowest BCUT2D eigenvalue weighted by molar-refractivity contribution is 0.304. The maximum absolute atomic E-state index is 8.44. The summed E-state index contributed by atoms with van der Waals surface area (Å²) >= 11 is 5.98. The lowest BCUT2D eigenvalue weighted by Crippen LogP contribution is -2.13. The molecule has 0 aliphatic heterocycles. The van der Waals surface area contributed by atoms with Gasteiger partial charge in [-0.05, 0) is 37.6 Å². The molecule has 0 aliphatic carbocycles. The van der Waals surface area contributed by atoms with Crippen LogP contribution in [0.4, 0.5) is 0 Å². The Kier molecular flexibility index (Phi) is 7.24. The topological polar surface area (TPSA) is 45.0 Å². The van der Waals surface area contributed by atoms with Crippen LogP contribution in [0.25, 0.3) is 0 Å². The molecule has 0 saturated heterocycles. The van der Waals surface area contributed by atoms with Gasteiger partial charge in [-0.15, -0.1) is 0 Å². The summed E-state index contributed by atoms with van der Waals surface area (Å²) in [6, 6.07) is 7.79. The molecule has 0 amide bonds. The first kappa shape index (κ1) is 14.8. The lowest BCUT2D eigenvalue weighted by Gasteiger charge is -2.12. The van der Waals surface area contributed by atoms with E-state index in [1.165, 1.54) is 0 Å². The summed E-state index contributed by atoms with van der Waals surface area (Å²) < 4.78 is 5.73. The number of nitriles is 1. The molecule has 0 heterocycles. The van der Waals surface area contributed by atoms with Crippen molar-refractivity contribution in [2.75, 3.05) is 13.2 Å². The zero-order valence-corrected chi connectivity index (χ0v) is 11.5. The summed E-state index contributed by atoms with van der Waals surface area (Å²) in [5, 5.41) is 12.4. The van der Waals surface area contributed by atoms with Crippen LogP contribution in [0.2, 0.25) is 5.02 Å². The minimum atomic E-state index is 0.591. The van der Waals surface area contributed by atoms with Gasteiger partial charge in [-0.1, -0.05) is 18.5 Å². The quantitative estimate of drug-likeness (QED) is 0.732. The third-order valence-electron chi connectivity index (χ3n) is 2.53. The van der Waals surface area contributed by atoms with E-state index in [2.05, 4.69) is 18.3 Å². The molecule has 3 nitrogen and oxygen atoms in total. The number of hydrogen-bond donors (Lipinski definition) is 1. The monoisotopic (exact) mass is 266 g/mol. The average molecular weight is 267 g/mol. The number of benzene rings is 1. The zero-order valence-electron chi connectivity index (χ0n) is 10.7. The van der Waals surface area contributed by atoms with Crippen LogP contribution in [0.3, 0.4) is 0 Å². The smallest absolute Gasteiger partial charge is 0.123 e. The van der Waals surface area contributed by atoms with Gasteiger partial charge < -0.3 is 10.1 Å². The number of halogens is 1. The van der Waals surface area contributed by atoms with Crippen LogP contribution in [0.5, 0.6) is 5.75 Å². The molecule has 18 heavy (non-hydrogen) atoms. The molecular formula is C14H19ClN2O. The molecule has 4 heteroatoms. The third-order valence-corrected chi connectivity index (χ3v) is 2.76. The molecule has 0 saturated carbocycles. The minimum Gasteiger partial charge on any atom is -0.493 e. The molecule has 0 unspecified atom stereocenters. The van der Waals surface area contributed by atoms with E-state index < -0.39 is 0 Å². The fourth-order valence-electron chi connectivity index (χ4n) is 1.57. The van der Waals surface area contributed by atoms with Crippen molar-refractivity contribution < 1.29 is 4.74 Å². The van der Waals surface area contributed by atoms with Crippen molar-refractivity contribution >= 4 is 11.6 Å². The number of unbranched alkanes of at least 4 members (excludes halogenated alkanes) is 2. The normalized spacial score (nSPS) is 10.1. The second-order valence-electron chi connectivity index (χ2n) is 4.00. The Hall–Kier alpha value is -1.24. The molecule has 1 N–H and O–H groups in total. The van der Waals surface area contributed by atoms with Gasteiger partial charge in [0, 0.05) is 23.6 Å². The highest BCUT2D eigenvalue weighted by Crippen LogP contribution is 2.23. The van der Waals surface area contributed by atoms with Gasteiger partial charge in [0.05, 0.1) is 12.7 Å². The van der Waals surface area contributed by atoms with E-state index in [9.17, 15) is 0 Å². The number of hydrogen-bond acceptors (Lipinski definition) is 3. The van der Waals surface area contributed by atoms with Crippen molar-refractivity contribution in [3.63, 3.8) is 0 Å². The highest BCUT2D eigenvalue weighted by molar-refractivity contribution is 6.30. The average Bonchev–Trinajstić information content (AvgIpc) is 2.38. The molecule has 1 rings (SSSR count). The van der Waals surface area contributed by atoms with Crippen molar-refractivity contribution in [1.82, 2.24) is 5.32 Å². The molecule has 0 aromatic heterocycles. The van der Waals surface area contributed by atoms with Gasteiger partial charge in [0.2, 0.25) is 0 Å². The molecule has 0 fully saturated rings. The van der Waals surface area contributed by atoms with E-state index in [-0.39, 0.29) is 0 Å². The first-order valence-electron chi connectivity index (χ1n) is 6.26. The predicted molar refractivity (Wildman–Crippen MR) is 73.8 cm³/mol. The SMILES string of the molecule is CCNCc1cc(Cl)ccc1OCCCCC#N. The third kappa shape index (κ3) is 5.39. The zero-order chi connectivity index (χ0) is 13.2. The van der Waals surface area contributed by atoms with E-state index in [0.717, 1.165) is 42.3 Å². The maximum atomic E-state index is 8.44. The highest BCUT2D eigenvalue weighted by Gasteiger charge is 2.04. The van der Waals surface area contributed by atoms with Crippen molar-refractivity contribution in [3.05, 3.63) is 28.8 Å². The van der Waals surface area contributed by atoms with Gasteiger partial charge in [-0.2, -0.15) is 5.26 Å². The van der Waals surface area contributed by atoms with E-state index in [1.807, 2.05) is 18.2 Å². The van der Waals surface area contributed by atoms with Gasteiger partial charge in [-0.25, -0.2) is 0 Å². The Balaban J connectivity index is 2.50. The van der Waals surface area contributed by atoms with E-state index in [0.29, 0.717) is 13.0 Å². The Labute approximate surface area is 114 Å². The van der Waals surface area contributed by atoms with Crippen molar-refractivity contribution in [2.45, 2.75) is 32.7 Å². The summed E-state index contributed by atoms with van der Waals surface area (Å²) in [6.45, 7) is 4.37. The molecule has 98 valence electrons. The summed E-state index contributed by atoms with van der Waals surface area (Å²) in [5.74, 6) is 0.873. The van der Waals surface area contributed by atoms with Gasteiger partial charge in [0.15, 0.2) is 0 Å². The molecule has 0 radical (unpaired) electrons. The van der Waals surface area contributed by atoms with E-state index in [1.54, 1.807) is 0 Å². The Morgan fingerprint density at radius 3 is 2.94 bits per heavy atom. The minimum absolute atomic E-state index is 0.591. The number of nitrogens with zero attached hydrogens (tertiary/aromatic N) is 1. The highest BCUT2D eigenvalue weighted by atomic mass is 35.5. The van der Waals surface area contributed by atoms with Crippen molar-refractivity contribution in [1.29, 1.82) is 5.26 Å². The fourth-order valence-corrected chi connectivity index (χ4v) is 1.77. The summed E-state index contributed by atoms with van der Waals surface area (Å²) in [4.78, 5) is 0. The molecule has 0 spiro atoms. The Morgan fingerprint density at radius 1 is 1.39 bits per heavy atom. The fraction of sp³-hybridized carbons (Fsp3) is 0.500. The molecular weight excluding hydrogens is 248 g/mol. The van der Waals surface area contributed by atoms with Crippen LogP contribution in [-0.4, -0.2) is 13.2 Å². The molecule has 0 aliphatic rings. The molecule has 0 atom stereocenters. The largest absolute Gasteiger partial charge is 0.493 e. The maximum Gasteiger partial charge on any atom is 0.123 e. The van der Waals surface area contributed by atoms with Crippen LogP contribution >= 0.6 is 11.6 Å². The standard InChI is InChI=1S/C14H19ClN2O/c1-2-17-11-12-10-13(15)6-7-14(12)18-9-5-3-4-8-16/h6-7,10,17H,2-5,9,11H2,1H3. The number of rotatable bonds is 8. The van der Waals surface area contributed by atoms with Crippen molar-refractivity contribution in [3.8, 4) is 11.8 Å². The van der Waals surface area contributed by atoms with Gasteiger partial charge in [0.25, 0.3) is 0 Å². The van der Waals surface area contributed by atoms with Crippen LogP contribution < -0.4 is 10.1 Å². The summed E-state index contributed by atoms with van der Waals surface area (Å²) in [6.07, 6.45) is 2.37. The second-order valence-corrected chi connectivity index (χ2v) is 4.43. The summed E-state index contributed by atoms with van der Waals surface area (Å²) in [5.41, 5.74) is 1.07. The summed E-state index contributed by atoms with van der Waals surface area (Å²) in [7, 11) is 0. The van der Waals surface area contributed by atoms with Crippen molar-refractivity contribution in [2.24, 2.45) is 0 Å². The first-order valence-corrected chi connectivity index (χ1v) is 6.64. The van der Waals surface area contributed by atoms with E-state index in [4.69, 9.17) is 21.6 Å². The van der Waals surface area contributed by atoms with Crippen LogP contribution in [-0.2, 0) is 6.54 Å². The predicted octanol–water partition coefficient (Wildman–Crippen LogP) is 3.52. The van der Waals surface area contributed by atoms with Crippen LogP contribution in [0.15, 0.2) is 18.2 Å². The Morgan fingerprint density at radius 2 is 2.22 bits per heavy atom. The first-order chi connectivity index (χ1) is 8.77.